The average Bonchev–Trinajstić information content (AvgIpc) is 2.79. The molecule has 7 nitrogen and oxygen atoms in total. The van der Waals surface area contributed by atoms with Crippen molar-refractivity contribution in [3.63, 3.8) is 0 Å². The molecule has 168 valence electrons. The van der Waals surface area contributed by atoms with Crippen LogP contribution in [0, 0.1) is 11.8 Å². The number of amides is 2. The van der Waals surface area contributed by atoms with Crippen LogP contribution in [0.1, 0.15) is 50.2 Å². The molecule has 31 heavy (non-hydrogen) atoms. The van der Waals surface area contributed by atoms with E-state index in [2.05, 4.69) is 10.6 Å². The fourth-order valence-corrected chi connectivity index (χ4v) is 3.82. The number of rotatable bonds is 5. The van der Waals surface area contributed by atoms with Crippen LogP contribution in [0.2, 0.25) is 0 Å². The minimum Gasteiger partial charge on any atom is -0.456 e. The Bertz CT molecular complexity index is 758. The summed E-state index contributed by atoms with van der Waals surface area (Å²) in [6.07, 6.45) is 6.52. The first-order chi connectivity index (χ1) is 15.1. The Balaban J connectivity index is 1.59. The maximum atomic E-state index is 12.8. The summed E-state index contributed by atoms with van der Waals surface area (Å²) in [5.41, 5.74) is 0.828. The van der Waals surface area contributed by atoms with Crippen molar-refractivity contribution in [2.45, 2.75) is 44.6 Å². The minimum absolute atomic E-state index is 0.113. The van der Waals surface area contributed by atoms with Gasteiger partial charge in [0.25, 0.3) is 0 Å². The van der Waals surface area contributed by atoms with Gasteiger partial charge in [-0.1, -0.05) is 42.5 Å². The first-order valence-corrected chi connectivity index (χ1v) is 11.1. The zero-order chi connectivity index (χ0) is 21.9. The quantitative estimate of drug-likeness (QED) is 0.556. The highest BCUT2D eigenvalue weighted by atomic mass is 16.5. The molecular formula is C24H32N2O5. The molecule has 0 aliphatic carbocycles. The van der Waals surface area contributed by atoms with Crippen molar-refractivity contribution in [2.75, 3.05) is 26.3 Å². The summed E-state index contributed by atoms with van der Waals surface area (Å²) < 4.78 is 11.0. The number of cyclic esters (lactones) is 1. The smallest absolute Gasteiger partial charge is 0.306 e. The SMILES string of the molecule is O=C(C[C@@H]1CC=CCCC(=O)O[C@H](c2ccccc2)CNC1=O)NCC1CCOCC1. The molecule has 2 atom stereocenters. The van der Waals surface area contributed by atoms with Gasteiger partial charge in [0.05, 0.1) is 12.5 Å². The summed E-state index contributed by atoms with van der Waals surface area (Å²) in [6.45, 7) is 2.28. The number of hydrogen-bond donors (Lipinski definition) is 2. The van der Waals surface area contributed by atoms with Crippen molar-refractivity contribution in [2.24, 2.45) is 11.8 Å². The molecule has 0 unspecified atom stereocenters. The van der Waals surface area contributed by atoms with Gasteiger partial charge in [0.1, 0.15) is 6.10 Å². The third kappa shape index (κ3) is 7.83. The van der Waals surface area contributed by atoms with Crippen molar-refractivity contribution in [1.29, 1.82) is 0 Å². The fourth-order valence-electron chi connectivity index (χ4n) is 3.82. The summed E-state index contributed by atoms with van der Waals surface area (Å²) in [4.78, 5) is 37.5. The summed E-state index contributed by atoms with van der Waals surface area (Å²) in [5, 5.41) is 5.86. The molecule has 2 N–H and O–H groups in total. The highest BCUT2D eigenvalue weighted by molar-refractivity contribution is 5.86. The standard InChI is InChI=1S/C24H32N2O5/c27-22(25-16-18-11-13-30-14-12-18)15-20-9-5-2-6-10-23(28)31-21(17-26-24(20)29)19-7-3-1-4-8-19/h1-5,7-8,18,20-21H,6,9-17H2,(H,25,27)(H,26,29)/t20-,21-/m0/s1. The van der Waals surface area contributed by atoms with E-state index in [1.165, 1.54) is 0 Å². The van der Waals surface area contributed by atoms with Crippen LogP contribution in [-0.2, 0) is 23.9 Å². The molecule has 0 bridgehead atoms. The van der Waals surface area contributed by atoms with E-state index in [1.54, 1.807) is 0 Å². The van der Waals surface area contributed by atoms with E-state index in [4.69, 9.17) is 9.47 Å². The molecule has 0 aromatic heterocycles. The maximum Gasteiger partial charge on any atom is 0.306 e. The Morgan fingerprint density at radius 1 is 1.10 bits per heavy atom. The monoisotopic (exact) mass is 428 g/mol. The van der Waals surface area contributed by atoms with Gasteiger partial charge < -0.3 is 20.1 Å². The Labute approximate surface area is 183 Å². The topological polar surface area (TPSA) is 93.7 Å². The molecule has 0 spiro atoms. The van der Waals surface area contributed by atoms with Crippen LogP contribution in [0.5, 0.6) is 0 Å². The van der Waals surface area contributed by atoms with Crippen molar-refractivity contribution < 1.29 is 23.9 Å². The molecule has 2 heterocycles. The summed E-state index contributed by atoms with van der Waals surface area (Å²) in [6, 6.07) is 9.37. The molecule has 3 rings (SSSR count). The van der Waals surface area contributed by atoms with E-state index in [-0.39, 0.29) is 37.2 Å². The molecule has 2 aliphatic heterocycles. The van der Waals surface area contributed by atoms with Gasteiger partial charge in [0.15, 0.2) is 0 Å². The third-order valence-electron chi connectivity index (χ3n) is 5.74. The van der Waals surface area contributed by atoms with Crippen LogP contribution >= 0.6 is 0 Å². The lowest BCUT2D eigenvalue weighted by atomic mass is 9.97. The largest absolute Gasteiger partial charge is 0.456 e. The highest BCUT2D eigenvalue weighted by Crippen LogP contribution is 2.20. The molecule has 1 aromatic rings. The Morgan fingerprint density at radius 3 is 2.65 bits per heavy atom. The number of nitrogens with one attached hydrogen (secondary N) is 2. The van der Waals surface area contributed by atoms with Crippen molar-refractivity contribution in [3.8, 4) is 0 Å². The van der Waals surface area contributed by atoms with Crippen LogP contribution < -0.4 is 10.6 Å². The van der Waals surface area contributed by atoms with Crippen LogP contribution in [-0.4, -0.2) is 44.1 Å². The number of esters is 1. The van der Waals surface area contributed by atoms with Crippen LogP contribution in [0.25, 0.3) is 0 Å². The van der Waals surface area contributed by atoms with E-state index in [0.29, 0.717) is 25.3 Å². The number of allylic oxidation sites excluding steroid dienone is 2. The zero-order valence-corrected chi connectivity index (χ0v) is 17.9. The number of carbonyl (C=O) groups excluding carboxylic acids is 3. The molecular weight excluding hydrogens is 396 g/mol. The lowest BCUT2D eigenvalue weighted by Crippen LogP contribution is -2.38. The zero-order valence-electron chi connectivity index (χ0n) is 17.9. The van der Waals surface area contributed by atoms with Crippen LogP contribution in [0.4, 0.5) is 0 Å². The predicted octanol–water partition coefficient (Wildman–Crippen LogP) is 2.68. The lowest BCUT2D eigenvalue weighted by molar-refractivity contribution is -0.150. The summed E-state index contributed by atoms with van der Waals surface area (Å²) in [7, 11) is 0. The summed E-state index contributed by atoms with van der Waals surface area (Å²) in [5.74, 6) is -0.638. The molecule has 0 radical (unpaired) electrons. The van der Waals surface area contributed by atoms with E-state index < -0.39 is 12.0 Å². The normalized spacial score (nSPS) is 23.7. The second-order valence-corrected chi connectivity index (χ2v) is 8.14. The fraction of sp³-hybridized carbons (Fsp3) is 0.542. The molecule has 7 heteroatoms. The second kappa shape index (κ2) is 12.2. The number of benzene rings is 1. The van der Waals surface area contributed by atoms with Crippen molar-refractivity contribution >= 4 is 17.8 Å². The van der Waals surface area contributed by atoms with Crippen molar-refractivity contribution in [3.05, 3.63) is 48.0 Å². The van der Waals surface area contributed by atoms with Crippen LogP contribution in [0.15, 0.2) is 42.5 Å². The highest BCUT2D eigenvalue weighted by Gasteiger charge is 2.24. The van der Waals surface area contributed by atoms with E-state index in [0.717, 1.165) is 31.6 Å². The van der Waals surface area contributed by atoms with Gasteiger partial charge in [0.2, 0.25) is 11.8 Å². The molecule has 2 aliphatic rings. The minimum atomic E-state index is -0.552. The average molecular weight is 429 g/mol. The second-order valence-electron chi connectivity index (χ2n) is 8.14. The first kappa shape index (κ1) is 23.0. The number of carbonyl (C=O) groups is 3. The van der Waals surface area contributed by atoms with Crippen molar-refractivity contribution in [1.82, 2.24) is 10.6 Å². The molecule has 0 saturated carbocycles. The summed E-state index contributed by atoms with van der Waals surface area (Å²) >= 11 is 0. The third-order valence-corrected chi connectivity index (χ3v) is 5.74. The predicted molar refractivity (Wildman–Crippen MR) is 116 cm³/mol. The molecule has 1 aromatic carbocycles. The van der Waals surface area contributed by atoms with E-state index >= 15 is 0 Å². The first-order valence-electron chi connectivity index (χ1n) is 11.1. The van der Waals surface area contributed by atoms with Gasteiger partial charge >= 0.3 is 5.97 Å². The Hall–Kier alpha value is -2.67. The van der Waals surface area contributed by atoms with Gasteiger partial charge in [0, 0.05) is 32.6 Å². The number of hydrogen-bond acceptors (Lipinski definition) is 5. The van der Waals surface area contributed by atoms with Gasteiger partial charge in [-0.2, -0.15) is 0 Å². The van der Waals surface area contributed by atoms with E-state index in [9.17, 15) is 14.4 Å². The van der Waals surface area contributed by atoms with Gasteiger partial charge in [-0.15, -0.1) is 0 Å². The molecule has 1 saturated heterocycles. The Kier molecular flexibility index (Phi) is 9.09. The van der Waals surface area contributed by atoms with E-state index in [1.807, 2.05) is 42.5 Å². The Morgan fingerprint density at radius 2 is 1.87 bits per heavy atom. The van der Waals surface area contributed by atoms with Gasteiger partial charge in [-0.25, -0.2) is 0 Å². The van der Waals surface area contributed by atoms with Gasteiger partial charge in [-0.05, 0) is 37.2 Å². The van der Waals surface area contributed by atoms with Gasteiger partial charge in [-0.3, -0.25) is 14.4 Å². The lowest BCUT2D eigenvalue weighted by Gasteiger charge is -2.23. The number of ether oxygens (including phenoxy) is 2. The molecule has 2 amide bonds. The van der Waals surface area contributed by atoms with Crippen LogP contribution in [0.3, 0.4) is 0 Å². The molecule has 1 fully saturated rings. The maximum absolute atomic E-state index is 12.8.